The van der Waals surface area contributed by atoms with Crippen molar-refractivity contribution in [2.45, 2.75) is 6.54 Å². The van der Waals surface area contributed by atoms with Crippen LogP contribution in [0.15, 0.2) is 30.5 Å². The van der Waals surface area contributed by atoms with Crippen molar-refractivity contribution in [3.63, 3.8) is 0 Å². The molecule has 2 saturated heterocycles. The van der Waals surface area contributed by atoms with Crippen LogP contribution in [-0.4, -0.2) is 79.5 Å². The lowest BCUT2D eigenvalue weighted by molar-refractivity contribution is 0.0264. The van der Waals surface area contributed by atoms with Crippen LogP contribution < -0.4 is 4.74 Å². The minimum absolute atomic E-state index is 0.267. The summed E-state index contributed by atoms with van der Waals surface area (Å²) in [6.07, 6.45) is 1.99. The zero-order chi connectivity index (χ0) is 19.3. The van der Waals surface area contributed by atoms with Gasteiger partial charge in [-0.2, -0.15) is 0 Å². The van der Waals surface area contributed by atoms with Gasteiger partial charge in [0.2, 0.25) is 0 Å². The number of aliphatic hydroxyl groups excluding tert-OH is 1. The van der Waals surface area contributed by atoms with E-state index in [0.717, 1.165) is 68.8 Å². The van der Waals surface area contributed by atoms with Gasteiger partial charge in [-0.05, 0) is 24.0 Å². The molecule has 28 heavy (non-hydrogen) atoms. The Bertz CT molecular complexity index is 763. The van der Waals surface area contributed by atoms with Crippen LogP contribution in [0.2, 0.25) is 0 Å². The summed E-state index contributed by atoms with van der Waals surface area (Å²) in [6, 6.07) is 8.05. The second kappa shape index (κ2) is 9.33. The van der Waals surface area contributed by atoms with Crippen LogP contribution in [0.4, 0.5) is 0 Å². The Morgan fingerprint density at radius 1 is 1.21 bits per heavy atom. The smallest absolute Gasteiger partial charge is 0.123 e. The second-order valence-corrected chi connectivity index (χ2v) is 8.79. The van der Waals surface area contributed by atoms with Gasteiger partial charge in [-0.1, -0.05) is 12.1 Å². The number of benzene rings is 1. The zero-order valence-corrected chi connectivity index (χ0v) is 17.2. The van der Waals surface area contributed by atoms with Gasteiger partial charge in [0.15, 0.2) is 0 Å². The maximum atomic E-state index is 9.86. The molecule has 0 unspecified atom stereocenters. The Morgan fingerprint density at radius 3 is 2.82 bits per heavy atom. The Labute approximate surface area is 170 Å². The number of methoxy groups -OCH3 is 1. The van der Waals surface area contributed by atoms with E-state index in [1.54, 1.807) is 18.4 Å². The molecule has 152 valence electrons. The topological polar surface area (TPSA) is 58.1 Å². The molecule has 0 radical (unpaired) electrons. The summed E-state index contributed by atoms with van der Waals surface area (Å²) in [5.74, 6) is 1.73. The average Bonchev–Trinajstić information content (AvgIpc) is 3.36. The number of nitrogens with zero attached hydrogens (tertiary/aromatic N) is 3. The van der Waals surface area contributed by atoms with E-state index in [1.807, 2.05) is 24.4 Å². The molecule has 0 spiro atoms. The first kappa shape index (κ1) is 19.8. The minimum atomic E-state index is 0.267. The quantitative estimate of drug-likeness (QED) is 0.765. The van der Waals surface area contributed by atoms with Crippen molar-refractivity contribution in [1.29, 1.82) is 0 Å². The molecule has 2 atom stereocenters. The summed E-state index contributed by atoms with van der Waals surface area (Å²) >= 11 is 1.74. The van der Waals surface area contributed by atoms with Crippen molar-refractivity contribution in [1.82, 2.24) is 14.8 Å². The van der Waals surface area contributed by atoms with Gasteiger partial charge < -0.3 is 14.6 Å². The van der Waals surface area contributed by atoms with Gasteiger partial charge in [-0.15, -0.1) is 11.3 Å². The number of aliphatic hydroxyl groups is 1. The highest BCUT2D eigenvalue weighted by atomic mass is 32.1. The molecule has 1 aromatic carbocycles. The number of ether oxygens (including phenoxy) is 2. The Hall–Kier alpha value is -1.51. The Balaban J connectivity index is 1.37. The number of aromatic nitrogens is 1. The minimum Gasteiger partial charge on any atom is -0.497 e. The predicted molar refractivity (Wildman–Crippen MR) is 111 cm³/mol. The highest BCUT2D eigenvalue weighted by molar-refractivity contribution is 7.15. The predicted octanol–water partition coefficient (Wildman–Crippen LogP) is 2.19. The first-order valence-corrected chi connectivity index (χ1v) is 10.8. The van der Waals surface area contributed by atoms with E-state index in [9.17, 15) is 5.11 Å². The molecule has 1 aromatic heterocycles. The molecule has 3 heterocycles. The van der Waals surface area contributed by atoms with E-state index in [2.05, 4.69) is 20.9 Å². The first-order chi connectivity index (χ1) is 13.7. The molecular weight excluding hydrogens is 374 g/mol. The summed E-state index contributed by atoms with van der Waals surface area (Å²) in [6.45, 7) is 7.89. The van der Waals surface area contributed by atoms with Crippen molar-refractivity contribution >= 4 is 11.3 Å². The van der Waals surface area contributed by atoms with Crippen LogP contribution in [0.5, 0.6) is 5.75 Å². The number of rotatable bonds is 7. The van der Waals surface area contributed by atoms with Crippen molar-refractivity contribution < 1.29 is 14.6 Å². The van der Waals surface area contributed by atoms with Crippen molar-refractivity contribution in [3.8, 4) is 16.3 Å². The van der Waals surface area contributed by atoms with Crippen LogP contribution in [0, 0.1) is 11.8 Å². The summed E-state index contributed by atoms with van der Waals surface area (Å²) in [7, 11) is 1.69. The first-order valence-electron chi connectivity index (χ1n) is 9.97. The molecule has 2 fully saturated rings. The van der Waals surface area contributed by atoms with Gasteiger partial charge in [0.1, 0.15) is 10.8 Å². The molecule has 4 rings (SSSR count). The summed E-state index contributed by atoms with van der Waals surface area (Å²) < 4.78 is 10.8. The lowest BCUT2D eigenvalue weighted by Crippen LogP contribution is -2.41. The van der Waals surface area contributed by atoms with E-state index >= 15 is 0 Å². The molecule has 0 saturated carbocycles. The molecule has 0 amide bonds. The van der Waals surface area contributed by atoms with E-state index in [4.69, 9.17) is 9.47 Å². The number of hydrogen-bond acceptors (Lipinski definition) is 7. The molecule has 7 heteroatoms. The maximum Gasteiger partial charge on any atom is 0.123 e. The molecule has 0 aliphatic carbocycles. The van der Waals surface area contributed by atoms with Crippen molar-refractivity contribution in [2.24, 2.45) is 11.8 Å². The SMILES string of the molecule is COc1cccc(-c2ncc(CN3C[C@@H](CN4CCOCC4)[C@@H](CO)C3)s2)c1. The van der Waals surface area contributed by atoms with Gasteiger partial charge in [0.05, 0.1) is 20.3 Å². The van der Waals surface area contributed by atoms with Crippen LogP contribution in [0.3, 0.4) is 0 Å². The largest absolute Gasteiger partial charge is 0.497 e. The second-order valence-electron chi connectivity index (χ2n) is 7.67. The van der Waals surface area contributed by atoms with Gasteiger partial charge in [-0.25, -0.2) is 4.98 Å². The molecule has 0 bridgehead atoms. The van der Waals surface area contributed by atoms with Crippen LogP contribution in [0.25, 0.3) is 10.6 Å². The third-order valence-corrected chi connectivity index (χ3v) is 6.76. The molecule has 2 aliphatic rings. The van der Waals surface area contributed by atoms with Crippen molar-refractivity contribution in [2.75, 3.05) is 59.7 Å². The van der Waals surface area contributed by atoms with E-state index < -0.39 is 0 Å². The fraction of sp³-hybridized carbons (Fsp3) is 0.571. The normalized spacial score (nSPS) is 23.9. The number of thiazole rings is 1. The molecule has 6 nitrogen and oxygen atoms in total. The maximum absolute atomic E-state index is 9.86. The van der Waals surface area contributed by atoms with E-state index in [-0.39, 0.29) is 6.61 Å². The Morgan fingerprint density at radius 2 is 2.04 bits per heavy atom. The number of morpholine rings is 1. The summed E-state index contributed by atoms with van der Waals surface area (Å²) in [5.41, 5.74) is 1.09. The monoisotopic (exact) mass is 403 g/mol. The van der Waals surface area contributed by atoms with Crippen LogP contribution in [-0.2, 0) is 11.3 Å². The van der Waals surface area contributed by atoms with Crippen molar-refractivity contribution in [3.05, 3.63) is 35.3 Å². The molecular formula is C21H29N3O3S. The molecule has 1 N–H and O–H groups in total. The van der Waals surface area contributed by atoms with Crippen LogP contribution in [0.1, 0.15) is 4.88 Å². The fourth-order valence-electron chi connectivity index (χ4n) is 4.18. The zero-order valence-electron chi connectivity index (χ0n) is 16.4. The van der Waals surface area contributed by atoms with E-state index in [1.165, 1.54) is 4.88 Å². The summed E-state index contributed by atoms with van der Waals surface area (Å²) in [4.78, 5) is 10.8. The third-order valence-electron chi connectivity index (χ3n) is 5.73. The fourth-order valence-corrected chi connectivity index (χ4v) is 5.14. The lowest BCUT2D eigenvalue weighted by Gasteiger charge is -2.30. The van der Waals surface area contributed by atoms with Gasteiger partial charge in [0, 0.05) is 62.5 Å². The van der Waals surface area contributed by atoms with Gasteiger partial charge in [0.25, 0.3) is 0 Å². The lowest BCUT2D eigenvalue weighted by atomic mass is 9.96. The van der Waals surface area contributed by atoms with Crippen LogP contribution >= 0.6 is 11.3 Å². The highest BCUT2D eigenvalue weighted by Crippen LogP contribution is 2.31. The average molecular weight is 404 g/mol. The highest BCUT2D eigenvalue weighted by Gasteiger charge is 2.33. The third kappa shape index (κ3) is 4.72. The van der Waals surface area contributed by atoms with Gasteiger partial charge >= 0.3 is 0 Å². The number of hydrogen-bond donors (Lipinski definition) is 1. The van der Waals surface area contributed by atoms with Gasteiger partial charge in [-0.3, -0.25) is 9.80 Å². The van der Waals surface area contributed by atoms with E-state index in [0.29, 0.717) is 11.8 Å². The summed E-state index contributed by atoms with van der Waals surface area (Å²) in [5, 5.41) is 10.9. The Kier molecular flexibility index (Phi) is 6.59. The standard InChI is InChI=1S/C21H29N3O3S/c1-26-19-4-2-3-16(9-19)21-22-10-20(28-21)14-24-12-17(18(13-24)15-25)11-23-5-7-27-8-6-23/h2-4,9-10,17-18,25H,5-8,11-15H2,1H3/t17-,18-/m1/s1. The number of likely N-dealkylation sites (tertiary alicyclic amines) is 1. The molecule has 2 aliphatic heterocycles. The molecule has 2 aromatic rings.